The summed E-state index contributed by atoms with van der Waals surface area (Å²) >= 11 is 0. The van der Waals surface area contributed by atoms with Gasteiger partial charge >= 0.3 is 5.97 Å². The van der Waals surface area contributed by atoms with Crippen molar-refractivity contribution >= 4 is 5.97 Å². The summed E-state index contributed by atoms with van der Waals surface area (Å²) in [7, 11) is 0. The molecular formula is C14H21NO2. The van der Waals surface area contributed by atoms with Gasteiger partial charge in [0.15, 0.2) is 0 Å². The number of hydrogen-bond donors (Lipinski definition) is 1. The smallest absolute Gasteiger partial charge is 0.326 e. The average Bonchev–Trinajstić information content (AvgIpc) is 2.38. The van der Waals surface area contributed by atoms with Crippen LogP contribution in [0.2, 0.25) is 0 Å². The van der Waals surface area contributed by atoms with Crippen molar-refractivity contribution in [2.24, 2.45) is 5.73 Å². The van der Waals surface area contributed by atoms with Gasteiger partial charge in [-0.05, 0) is 31.3 Å². The largest absolute Gasteiger partial charge is 0.460 e. The lowest BCUT2D eigenvalue weighted by Crippen LogP contribution is -2.50. The van der Waals surface area contributed by atoms with E-state index in [0.717, 1.165) is 38.5 Å². The van der Waals surface area contributed by atoms with E-state index in [2.05, 4.69) is 6.08 Å². The third-order valence-electron chi connectivity index (χ3n) is 3.64. The summed E-state index contributed by atoms with van der Waals surface area (Å²) in [5.74, 6) is -0.215. The number of ether oxygens (including phenoxy) is 1. The first-order chi connectivity index (χ1) is 8.21. The van der Waals surface area contributed by atoms with Gasteiger partial charge < -0.3 is 10.5 Å². The van der Waals surface area contributed by atoms with E-state index in [4.69, 9.17) is 10.5 Å². The van der Waals surface area contributed by atoms with Crippen molar-refractivity contribution in [1.29, 1.82) is 0 Å². The number of hydrogen-bond acceptors (Lipinski definition) is 3. The number of carbonyl (C=O) groups is 1. The molecule has 94 valence electrons. The lowest BCUT2D eigenvalue weighted by molar-refractivity contribution is -0.150. The first-order valence-electron chi connectivity index (χ1n) is 6.51. The Morgan fingerprint density at radius 3 is 2.76 bits per heavy atom. The molecule has 2 aliphatic rings. The van der Waals surface area contributed by atoms with Gasteiger partial charge in [0.25, 0.3) is 0 Å². The molecule has 2 N–H and O–H groups in total. The molecule has 2 aliphatic carbocycles. The molecule has 0 aromatic heterocycles. The summed E-state index contributed by atoms with van der Waals surface area (Å²) in [5, 5.41) is 0. The molecular weight excluding hydrogens is 214 g/mol. The van der Waals surface area contributed by atoms with Gasteiger partial charge in [0.1, 0.15) is 12.1 Å². The molecule has 3 heteroatoms. The van der Waals surface area contributed by atoms with E-state index in [0.29, 0.717) is 6.61 Å². The van der Waals surface area contributed by atoms with Crippen LogP contribution in [0.5, 0.6) is 0 Å². The maximum Gasteiger partial charge on any atom is 0.326 e. The Bertz CT molecular complexity index is 338. The summed E-state index contributed by atoms with van der Waals surface area (Å²) in [6.45, 7) is 0.405. The number of esters is 1. The highest BCUT2D eigenvalue weighted by Gasteiger charge is 2.36. The van der Waals surface area contributed by atoms with Crippen molar-refractivity contribution in [2.75, 3.05) is 6.61 Å². The molecule has 0 amide bonds. The second-order valence-electron chi connectivity index (χ2n) is 5.08. The van der Waals surface area contributed by atoms with E-state index in [1.807, 2.05) is 12.2 Å². The molecule has 0 spiro atoms. The Morgan fingerprint density at radius 1 is 1.35 bits per heavy atom. The quantitative estimate of drug-likeness (QED) is 0.764. The molecule has 1 saturated carbocycles. The minimum Gasteiger partial charge on any atom is -0.460 e. The van der Waals surface area contributed by atoms with Gasteiger partial charge in [0, 0.05) is 0 Å². The van der Waals surface area contributed by atoms with Gasteiger partial charge in [0.2, 0.25) is 0 Å². The van der Waals surface area contributed by atoms with Gasteiger partial charge in [-0.15, -0.1) is 0 Å². The summed E-state index contributed by atoms with van der Waals surface area (Å²) < 4.78 is 5.36. The second-order valence-corrected chi connectivity index (χ2v) is 5.08. The van der Waals surface area contributed by atoms with E-state index >= 15 is 0 Å². The van der Waals surface area contributed by atoms with Crippen LogP contribution in [0.3, 0.4) is 0 Å². The summed E-state index contributed by atoms with van der Waals surface area (Å²) in [6, 6.07) is 0. The van der Waals surface area contributed by atoms with Crippen LogP contribution in [-0.2, 0) is 9.53 Å². The van der Waals surface area contributed by atoms with Crippen LogP contribution in [0.1, 0.15) is 44.9 Å². The lowest BCUT2D eigenvalue weighted by Gasteiger charge is -2.30. The Morgan fingerprint density at radius 2 is 2.12 bits per heavy atom. The third kappa shape index (κ3) is 3.19. The molecule has 0 heterocycles. The first-order valence-corrected chi connectivity index (χ1v) is 6.51. The summed E-state index contributed by atoms with van der Waals surface area (Å²) in [6.07, 6.45) is 13.0. The van der Waals surface area contributed by atoms with Gasteiger partial charge in [-0.2, -0.15) is 0 Å². The predicted molar refractivity (Wildman–Crippen MR) is 67.4 cm³/mol. The fourth-order valence-corrected chi connectivity index (χ4v) is 2.46. The Balaban J connectivity index is 1.84. The fraction of sp³-hybridized carbons (Fsp3) is 0.643. The number of allylic oxidation sites excluding steroid dienone is 3. The maximum atomic E-state index is 12.0. The van der Waals surface area contributed by atoms with Crippen molar-refractivity contribution in [3.05, 3.63) is 23.8 Å². The van der Waals surface area contributed by atoms with Crippen LogP contribution in [0.15, 0.2) is 23.8 Å². The van der Waals surface area contributed by atoms with Crippen molar-refractivity contribution < 1.29 is 9.53 Å². The van der Waals surface area contributed by atoms with Crippen LogP contribution in [0.25, 0.3) is 0 Å². The average molecular weight is 235 g/mol. The summed E-state index contributed by atoms with van der Waals surface area (Å²) in [5.41, 5.74) is 6.57. The zero-order chi connectivity index (χ0) is 12.1. The van der Waals surface area contributed by atoms with Crippen LogP contribution >= 0.6 is 0 Å². The zero-order valence-corrected chi connectivity index (χ0v) is 10.3. The molecule has 0 unspecified atom stereocenters. The first kappa shape index (κ1) is 12.4. The molecule has 17 heavy (non-hydrogen) atoms. The molecule has 0 saturated heterocycles. The molecule has 3 nitrogen and oxygen atoms in total. The normalized spacial score (nSPS) is 23.0. The Kier molecular flexibility index (Phi) is 4.00. The SMILES string of the molecule is NC1(C(=O)OCC2=CC=CCC2)CCCCC1. The highest BCUT2D eigenvalue weighted by molar-refractivity contribution is 5.80. The molecule has 1 fully saturated rings. The Hall–Kier alpha value is -1.09. The third-order valence-corrected chi connectivity index (χ3v) is 3.64. The minimum absolute atomic E-state index is 0.215. The van der Waals surface area contributed by atoms with Crippen LogP contribution in [0.4, 0.5) is 0 Å². The van der Waals surface area contributed by atoms with Crippen molar-refractivity contribution in [1.82, 2.24) is 0 Å². The van der Waals surface area contributed by atoms with E-state index in [-0.39, 0.29) is 5.97 Å². The lowest BCUT2D eigenvalue weighted by atomic mass is 9.83. The second kappa shape index (κ2) is 5.50. The van der Waals surface area contributed by atoms with Crippen molar-refractivity contribution in [3.63, 3.8) is 0 Å². The van der Waals surface area contributed by atoms with Crippen molar-refractivity contribution in [3.8, 4) is 0 Å². The molecule has 0 atom stereocenters. The molecule has 0 aromatic rings. The van der Waals surface area contributed by atoms with E-state index in [1.54, 1.807) is 0 Å². The molecule has 2 rings (SSSR count). The van der Waals surface area contributed by atoms with Crippen LogP contribution < -0.4 is 5.73 Å². The van der Waals surface area contributed by atoms with Gasteiger partial charge in [-0.3, -0.25) is 4.79 Å². The highest BCUT2D eigenvalue weighted by atomic mass is 16.5. The number of nitrogens with two attached hydrogens (primary N) is 1. The standard InChI is InChI=1S/C14H21NO2/c15-14(9-5-2-6-10-14)13(16)17-11-12-7-3-1-4-8-12/h1,3,7H,2,4-6,8-11,15H2. The molecule has 0 bridgehead atoms. The highest BCUT2D eigenvalue weighted by Crippen LogP contribution is 2.27. The van der Waals surface area contributed by atoms with E-state index in [1.165, 1.54) is 12.0 Å². The Labute approximate surface area is 103 Å². The molecule has 0 aromatic carbocycles. The zero-order valence-electron chi connectivity index (χ0n) is 10.3. The van der Waals surface area contributed by atoms with Gasteiger partial charge in [-0.25, -0.2) is 0 Å². The molecule has 0 radical (unpaired) electrons. The summed E-state index contributed by atoms with van der Waals surface area (Å²) in [4.78, 5) is 12.0. The molecule has 0 aliphatic heterocycles. The predicted octanol–water partition coefficient (Wildman–Crippen LogP) is 2.47. The maximum absolute atomic E-state index is 12.0. The van der Waals surface area contributed by atoms with E-state index < -0.39 is 5.54 Å². The number of carbonyl (C=O) groups excluding carboxylic acids is 1. The van der Waals surface area contributed by atoms with Crippen molar-refractivity contribution in [2.45, 2.75) is 50.5 Å². The van der Waals surface area contributed by atoms with E-state index in [9.17, 15) is 4.79 Å². The van der Waals surface area contributed by atoms with Gasteiger partial charge in [-0.1, -0.05) is 37.5 Å². The van der Waals surface area contributed by atoms with Crippen LogP contribution in [0, 0.1) is 0 Å². The topological polar surface area (TPSA) is 52.3 Å². The monoisotopic (exact) mass is 235 g/mol. The number of rotatable bonds is 3. The fourth-order valence-electron chi connectivity index (χ4n) is 2.46. The van der Waals surface area contributed by atoms with Crippen LogP contribution in [-0.4, -0.2) is 18.1 Å². The minimum atomic E-state index is -0.719. The van der Waals surface area contributed by atoms with Gasteiger partial charge in [0.05, 0.1) is 0 Å².